The Kier molecular flexibility index (Phi) is 51.6. The maximum atomic E-state index is 13.5. The van der Waals surface area contributed by atoms with E-state index in [4.69, 9.17) is 13.8 Å². The first-order valence-electron chi connectivity index (χ1n) is 30.2. The van der Waals surface area contributed by atoms with Crippen LogP contribution in [0.3, 0.4) is 0 Å². The van der Waals surface area contributed by atoms with Crippen LogP contribution in [0.25, 0.3) is 0 Å². The number of carbonyl (C=O) groups excluding carboxylic acids is 2. The Labute approximate surface area is 461 Å². The van der Waals surface area contributed by atoms with Crippen LogP contribution in [0.4, 0.5) is 0 Å². The van der Waals surface area contributed by atoms with Gasteiger partial charge in [0.05, 0.1) is 33.8 Å². The zero-order valence-corrected chi connectivity index (χ0v) is 49.9. The summed E-state index contributed by atoms with van der Waals surface area (Å²) in [6.45, 7) is 6.88. The molecule has 3 unspecified atom stereocenters. The fourth-order valence-electron chi connectivity index (χ4n) is 7.97. The number of hydrogen-bond donors (Lipinski definition) is 2. The van der Waals surface area contributed by atoms with Crippen LogP contribution in [0.1, 0.15) is 239 Å². The highest BCUT2D eigenvalue weighted by Crippen LogP contribution is 2.43. The zero-order valence-electron chi connectivity index (χ0n) is 49.0. The number of amides is 1. The number of allylic oxidation sites excluding steroid dienone is 17. The SMILES string of the molecule is CCCCC/C=C\C/C=C\C/C=C\C/C=C\CCCCCC(=O)OC(/C=C/CCCCCCCCCCCCC)C(COP(=O)(O)OCC[N+](C)(C)C)NC(=O)CCC/C=C\C/C=C\C/C=C\C/C=C\CCCCC. The summed E-state index contributed by atoms with van der Waals surface area (Å²) < 4.78 is 30.6. The van der Waals surface area contributed by atoms with Crippen molar-refractivity contribution in [2.75, 3.05) is 40.9 Å². The lowest BCUT2D eigenvalue weighted by atomic mass is 10.0. The van der Waals surface area contributed by atoms with E-state index < -0.39 is 20.0 Å². The summed E-state index contributed by atoms with van der Waals surface area (Å²) in [6, 6.07) is -0.897. The molecule has 0 aliphatic heterocycles. The summed E-state index contributed by atoms with van der Waals surface area (Å²) in [6.07, 6.45) is 73.8. The van der Waals surface area contributed by atoms with Gasteiger partial charge in [-0.25, -0.2) is 4.57 Å². The number of rotatable bonds is 53. The number of carbonyl (C=O) groups is 2. The fourth-order valence-corrected chi connectivity index (χ4v) is 8.71. The predicted octanol–water partition coefficient (Wildman–Crippen LogP) is 18.6. The molecule has 2 N–H and O–H groups in total. The van der Waals surface area contributed by atoms with Crippen LogP contribution in [0.2, 0.25) is 0 Å². The van der Waals surface area contributed by atoms with Gasteiger partial charge in [-0.1, -0.05) is 220 Å². The van der Waals surface area contributed by atoms with Crippen LogP contribution >= 0.6 is 7.82 Å². The first kappa shape index (κ1) is 71.7. The molecule has 0 aliphatic carbocycles. The molecule has 75 heavy (non-hydrogen) atoms. The molecule has 0 aromatic rings. The number of nitrogens with one attached hydrogen (secondary N) is 1. The molecule has 9 nitrogen and oxygen atoms in total. The number of ether oxygens (including phenoxy) is 1. The number of phosphoric acid groups is 1. The monoisotopic (exact) mass is 1070 g/mol. The molecule has 0 rings (SSSR count). The molecule has 3 atom stereocenters. The van der Waals surface area contributed by atoms with E-state index in [1.807, 2.05) is 33.3 Å². The summed E-state index contributed by atoms with van der Waals surface area (Å²) in [5.74, 6) is -0.613. The summed E-state index contributed by atoms with van der Waals surface area (Å²) >= 11 is 0. The molecule has 0 spiro atoms. The molecule has 0 bridgehead atoms. The summed E-state index contributed by atoms with van der Waals surface area (Å²) in [4.78, 5) is 37.6. The van der Waals surface area contributed by atoms with Crippen molar-refractivity contribution in [2.24, 2.45) is 0 Å². The Hall–Kier alpha value is -3.33. The quantitative estimate of drug-likeness (QED) is 0.0205. The number of quaternary nitrogens is 1. The van der Waals surface area contributed by atoms with E-state index in [-0.39, 0.29) is 37.9 Å². The number of phosphoric ester groups is 1. The third-order valence-electron chi connectivity index (χ3n) is 12.7. The Morgan fingerprint density at radius 1 is 0.467 bits per heavy atom. The van der Waals surface area contributed by atoms with Crippen molar-refractivity contribution in [3.8, 4) is 0 Å². The van der Waals surface area contributed by atoms with Gasteiger partial charge in [0.15, 0.2) is 0 Å². The lowest BCUT2D eigenvalue weighted by Crippen LogP contribution is -2.47. The minimum atomic E-state index is -4.48. The normalized spacial score (nSPS) is 14.5. The predicted molar refractivity (Wildman–Crippen MR) is 323 cm³/mol. The molecule has 0 radical (unpaired) electrons. The molecule has 0 fully saturated rings. The summed E-state index contributed by atoms with van der Waals surface area (Å²) in [5, 5.41) is 3.01. The average molecular weight is 1070 g/mol. The van der Waals surface area contributed by atoms with Crippen LogP contribution in [-0.4, -0.2) is 74.3 Å². The van der Waals surface area contributed by atoms with Gasteiger partial charge in [-0.05, 0) is 115 Å². The van der Waals surface area contributed by atoms with Crippen LogP contribution in [0.15, 0.2) is 109 Å². The van der Waals surface area contributed by atoms with E-state index in [1.54, 1.807) is 0 Å². The number of unbranched alkanes of at least 4 members (excludes halogenated alkanes) is 21. The highest BCUT2D eigenvalue weighted by Gasteiger charge is 2.30. The fraction of sp³-hybridized carbons (Fsp3) is 0.692. The third kappa shape index (κ3) is 55.2. The topological polar surface area (TPSA) is 111 Å². The second kappa shape index (κ2) is 54.0. The van der Waals surface area contributed by atoms with Crippen molar-refractivity contribution < 1.29 is 37.3 Å². The van der Waals surface area contributed by atoms with E-state index in [0.717, 1.165) is 83.5 Å². The minimum absolute atomic E-state index is 0.0193. The molecule has 0 aromatic heterocycles. The molecule has 1 amide bonds. The Morgan fingerprint density at radius 2 is 0.827 bits per heavy atom. The largest absolute Gasteiger partial charge is 0.472 e. The van der Waals surface area contributed by atoms with Crippen LogP contribution in [0, 0.1) is 0 Å². The molecule has 0 aromatic carbocycles. The van der Waals surface area contributed by atoms with E-state index in [2.05, 4.69) is 123 Å². The van der Waals surface area contributed by atoms with Gasteiger partial charge in [0.2, 0.25) is 5.91 Å². The van der Waals surface area contributed by atoms with Gasteiger partial charge in [-0.3, -0.25) is 18.6 Å². The van der Waals surface area contributed by atoms with Gasteiger partial charge in [-0.2, -0.15) is 0 Å². The van der Waals surface area contributed by atoms with Crippen molar-refractivity contribution in [2.45, 2.75) is 251 Å². The highest BCUT2D eigenvalue weighted by molar-refractivity contribution is 7.47. The average Bonchev–Trinajstić information content (AvgIpc) is 3.37. The molecular weight excluding hydrogens is 952 g/mol. The number of nitrogens with zero attached hydrogens (tertiary/aromatic N) is 1. The second-order valence-electron chi connectivity index (χ2n) is 21.2. The maximum absolute atomic E-state index is 13.5. The zero-order chi connectivity index (χ0) is 55.0. The van der Waals surface area contributed by atoms with Gasteiger partial charge < -0.3 is 19.4 Å². The van der Waals surface area contributed by atoms with Crippen LogP contribution in [0.5, 0.6) is 0 Å². The van der Waals surface area contributed by atoms with Gasteiger partial charge in [0.25, 0.3) is 0 Å². The van der Waals surface area contributed by atoms with Crippen LogP contribution < -0.4 is 5.32 Å². The second-order valence-corrected chi connectivity index (χ2v) is 22.6. The lowest BCUT2D eigenvalue weighted by Gasteiger charge is -2.27. The Bertz CT molecular complexity index is 1650. The van der Waals surface area contributed by atoms with Gasteiger partial charge >= 0.3 is 13.8 Å². The lowest BCUT2D eigenvalue weighted by molar-refractivity contribution is -0.870. The number of likely N-dealkylation sites (N-methyl/N-ethyl adjacent to an activating group) is 1. The molecule has 10 heteroatoms. The molecule has 0 heterocycles. The standard InChI is InChI=1S/C65H113N2O7P/c1-7-10-13-16-19-22-25-28-30-32-33-35-37-40-43-46-49-52-55-58-65(69)74-63(56-53-50-47-44-41-38-27-24-21-18-15-12-9-3)62(61-73-75(70,71)72-60-59-67(4,5)6)66-64(68)57-54-51-48-45-42-39-36-34-31-29-26-23-20-17-14-11-8-2/h19-20,22-23,28-31,33,35-36,39-40,43,45,48,53,56,62-63H,7-18,21,24-27,32,34,37-38,41-42,44,46-47,49-52,54-55,57-61H2,1-6H3,(H-,66,68,70,71)/p+1/b22-19-,23-20-,30-28-,31-29-,35-33-,39-36-,43-40-,48-45-,56-53+. The van der Waals surface area contributed by atoms with Crippen molar-refractivity contribution in [3.05, 3.63) is 109 Å². The maximum Gasteiger partial charge on any atom is 0.472 e. The van der Waals surface area contributed by atoms with Gasteiger partial charge in [0, 0.05) is 12.8 Å². The van der Waals surface area contributed by atoms with Gasteiger partial charge in [0.1, 0.15) is 19.3 Å². The van der Waals surface area contributed by atoms with E-state index in [0.29, 0.717) is 23.9 Å². The molecule has 0 aliphatic rings. The van der Waals surface area contributed by atoms with Crippen molar-refractivity contribution >= 4 is 19.7 Å². The molecule has 430 valence electrons. The van der Waals surface area contributed by atoms with Crippen molar-refractivity contribution in [3.63, 3.8) is 0 Å². The van der Waals surface area contributed by atoms with E-state index in [9.17, 15) is 19.0 Å². The number of hydrogen-bond acceptors (Lipinski definition) is 6. The van der Waals surface area contributed by atoms with Gasteiger partial charge in [-0.15, -0.1) is 0 Å². The summed E-state index contributed by atoms with van der Waals surface area (Å²) in [7, 11) is 1.43. The van der Waals surface area contributed by atoms with E-state index in [1.165, 1.54) is 109 Å². The highest BCUT2D eigenvalue weighted by atomic mass is 31.2. The Morgan fingerprint density at radius 3 is 1.27 bits per heavy atom. The molecule has 0 saturated heterocycles. The van der Waals surface area contributed by atoms with Crippen molar-refractivity contribution in [1.29, 1.82) is 0 Å². The molecular formula is C65H114N2O7P+. The number of esters is 1. The minimum Gasteiger partial charge on any atom is -0.456 e. The van der Waals surface area contributed by atoms with E-state index >= 15 is 0 Å². The first-order chi connectivity index (χ1) is 36.4. The summed E-state index contributed by atoms with van der Waals surface area (Å²) in [5.41, 5.74) is 0. The third-order valence-corrected chi connectivity index (χ3v) is 13.7. The first-order valence-corrected chi connectivity index (χ1v) is 31.7. The van der Waals surface area contributed by atoms with Crippen LogP contribution in [-0.2, 0) is 27.9 Å². The van der Waals surface area contributed by atoms with Crippen molar-refractivity contribution in [1.82, 2.24) is 5.32 Å². The molecule has 0 saturated carbocycles. The Balaban J connectivity index is 5.49. The smallest absolute Gasteiger partial charge is 0.456 e.